The lowest BCUT2D eigenvalue weighted by Crippen LogP contribution is -2.54. The first kappa shape index (κ1) is 16.2. The van der Waals surface area contributed by atoms with Crippen molar-refractivity contribution in [2.24, 2.45) is 5.92 Å². The van der Waals surface area contributed by atoms with Gasteiger partial charge in [-0.3, -0.25) is 4.79 Å². The molecule has 0 bridgehead atoms. The van der Waals surface area contributed by atoms with Crippen LogP contribution in [0.15, 0.2) is 12.1 Å². The molecule has 2 N–H and O–H groups in total. The third-order valence-corrected chi connectivity index (χ3v) is 5.61. The molecule has 126 valence electrons. The molecule has 23 heavy (non-hydrogen) atoms. The van der Waals surface area contributed by atoms with Gasteiger partial charge < -0.3 is 15.3 Å². The highest BCUT2D eigenvalue weighted by atomic mass is 16.4. The molecule has 0 fully saturated rings. The van der Waals surface area contributed by atoms with E-state index in [1.807, 2.05) is 0 Å². The van der Waals surface area contributed by atoms with Gasteiger partial charge in [0.05, 0.1) is 23.3 Å². The van der Waals surface area contributed by atoms with Crippen LogP contribution in [-0.2, 0) is 17.6 Å². The Labute approximate surface area is 138 Å². The number of aryl methyl sites for hydroxylation is 2. The van der Waals surface area contributed by atoms with Crippen molar-refractivity contribution in [2.75, 3.05) is 23.3 Å². The predicted octanol–water partition coefficient (Wildman–Crippen LogP) is 3.69. The molecular weight excluding hydrogens is 288 g/mol. The normalized spacial score (nSPS) is 23.2. The Kier molecular flexibility index (Phi) is 4.26. The number of aliphatic carboxylic acids is 1. The lowest BCUT2D eigenvalue weighted by atomic mass is 9.83. The molecule has 1 aromatic rings. The molecule has 2 aliphatic rings. The van der Waals surface area contributed by atoms with Gasteiger partial charge in [0.1, 0.15) is 0 Å². The fourth-order valence-corrected chi connectivity index (χ4v) is 3.72. The molecule has 1 heterocycles. The second-order valence-electron chi connectivity index (χ2n) is 7.61. The summed E-state index contributed by atoms with van der Waals surface area (Å²) in [7, 11) is 0. The molecule has 1 unspecified atom stereocenters. The maximum absolute atomic E-state index is 11.0. The van der Waals surface area contributed by atoms with Crippen LogP contribution in [0.25, 0.3) is 0 Å². The third-order valence-electron chi connectivity index (χ3n) is 5.61. The van der Waals surface area contributed by atoms with Crippen LogP contribution in [0, 0.1) is 5.92 Å². The molecule has 4 nitrogen and oxygen atoms in total. The summed E-state index contributed by atoms with van der Waals surface area (Å²) in [5, 5.41) is 12.8. The van der Waals surface area contributed by atoms with Gasteiger partial charge in [0.2, 0.25) is 0 Å². The summed E-state index contributed by atoms with van der Waals surface area (Å²) < 4.78 is 0. The third kappa shape index (κ3) is 3.17. The number of nitrogens with one attached hydrogen (secondary N) is 1. The van der Waals surface area contributed by atoms with Gasteiger partial charge in [0.15, 0.2) is 0 Å². The number of nitrogens with zero attached hydrogens (tertiary/aromatic N) is 1. The minimum Gasteiger partial charge on any atom is -0.481 e. The largest absolute Gasteiger partial charge is 0.481 e. The minimum absolute atomic E-state index is 0.0333. The summed E-state index contributed by atoms with van der Waals surface area (Å²) in [6.07, 6.45) is 5.04. The van der Waals surface area contributed by atoms with Crippen LogP contribution in [0.4, 0.5) is 11.4 Å². The molecule has 1 aromatic carbocycles. The molecule has 3 rings (SSSR count). The molecule has 0 amide bonds. The number of carboxylic acid groups (broad SMARTS) is 1. The van der Waals surface area contributed by atoms with Gasteiger partial charge in [-0.2, -0.15) is 0 Å². The summed E-state index contributed by atoms with van der Waals surface area (Å²) in [4.78, 5) is 13.3. The molecule has 0 saturated heterocycles. The molecule has 0 aromatic heterocycles. The summed E-state index contributed by atoms with van der Waals surface area (Å²) in [6.45, 7) is 8.13. The summed E-state index contributed by atoms with van der Waals surface area (Å²) in [5.74, 6) is -0.256. The zero-order valence-electron chi connectivity index (χ0n) is 14.5. The second-order valence-corrected chi connectivity index (χ2v) is 7.61. The Hall–Kier alpha value is -1.71. The van der Waals surface area contributed by atoms with E-state index in [1.54, 1.807) is 0 Å². The Balaban J connectivity index is 1.98. The number of carbonyl (C=O) groups is 1. The number of hydrogen-bond donors (Lipinski definition) is 2. The van der Waals surface area contributed by atoms with Gasteiger partial charge in [-0.1, -0.05) is 13.8 Å². The van der Waals surface area contributed by atoms with Gasteiger partial charge in [0, 0.05) is 13.1 Å². The van der Waals surface area contributed by atoms with Crippen molar-refractivity contribution in [2.45, 2.75) is 58.4 Å². The van der Waals surface area contributed by atoms with E-state index in [1.165, 1.54) is 35.3 Å². The Morgan fingerprint density at radius 3 is 2.57 bits per heavy atom. The van der Waals surface area contributed by atoms with Gasteiger partial charge >= 0.3 is 5.97 Å². The molecular formula is C19H28N2O2. The van der Waals surface area contributed by atoms with Crippen molar-refractivity contribution in [1.82, 2.24) is 0 Å². The average Bonchev–Trinajstić information content (AvgIpc) is 2.50. The molecule has 4 heteroatoms. The first-order valence-electron chi connectivity index (χ1n) is 8.80. The standard InChI is InChI=1S/C19H28N2O2/c1-13(2)19(3)12-21(9-8-18(22)23)17-11-15-7-5-4-6-14(15)10-16(17)20-19/h10-11,13,20H,4-9,12H2,1-3H3,(H,22,23). The van der Waals surface area contributed by atoms with Crippen molar-refractivity contribution in [3.8, 4) is 0 Å². The number of hydrogen-bond acceptors (Lipinski definition) is 3. The van der Waals surface area contributed by atoms with Crippen molar-refractivity contribution in [3.63, 3.8) is 0 Å². The number of rotatable bonds is 4. The van der Waals surface area contributed by atoms with Crippen molar-refractivity contribution in [3.05, 3.63) is 23.3 Å². The summed E-state index contributed by atoms with van der Waals surface area (Å²) >= 11 is 0. The minimum atomic E-state index is -0.728. The van der Waals surface area contributed by atoms with Crippen LogP contribution in [-0.4, -0.2) is 29.7 Å². The fourth-order valence-electron chi connectivity index (χ4n) is 3.72. The van der Waals surface area contributed by atoms with E-state index in [9.17, 15) is 4.79 Å². The average molecular weight is 316 g/mol. The van der Waals surface area contributed by atoms with Crippen LogP contribution < -0.4 is 10.2 Å². The predicted molar refractivity (Wildman–Crippen MR) is 94.4 cm³/mol. The van der Waals surface area contributed by atoms with E-state index in [-0.39, 0.29) is 12.0 Å². The van der Waals surface area contributed by atoms with Crippen LogP contribution in [0.2, 0.25) is 0 Å². The highest BCUT2D eigenvalue weighted by Crippen LogP contribution is 2.40. The van der Waals surface area contributed by atoms with Crippen molar-refractivity contribution in [1.29, 1.82) is 0 Å². The Morgan fingerprint density at radius 1 is 1.30 bits per heavy atom. The summed E-state index contributed by atoms with van der Waals surface area (Å²) in [6, 6.07) is 4.62. The van der Waals surface area contributed by atoms with E-state index in [4.69, 9.17) is 5.11 Å². The van der Waals surface area contributed by atoms with Crippen LogP contribution >= 0.6 is 0 Å². The molecule has 1 aliphatic heterocycles. The Morgan fingerprint density at radius 2 is 1.96 bits per heavy atom. The summed E-state index contributed by atoms with van der Waals surface area (Å²) in [5.41, 5.74) is 5.25. The van der Waals surface area contributed by atoms with Gasteiger partial charge in [-0.15, -0.1) is 0 Å². The van der Waals surface area contributed by atoms with Gasteiger partial charge in [-0.05, 0) is 61.8 Å². The first-order chi connectivity index (χ1) is 10.9. The van der Waals surface area contributed by atoms with Gasteiger partial charge in [-0.25, -0.2) is 0 Å². The monoisotopic (exact) mass is 316 g/mol. The smallest absolute Gasteiger partial charge is 0.305 e. The fraction of sp³-hybridized carbons (Fsp3) is 0.632. The molecule has 1 aliphatic carbocycles. The maximum Gasteiger partial charge on any atom is 0.305 e. The lowest BCUT2D eigenvalue weighted by Gasteiger charge is -2.47. The molecule has 0 saturated carbocycles. The van der Waals surface area contributed by atoms with E-state index < -0.39 is 5.97 Å². The molecule has 0 spiro atoms. The van der Waals surface area contributed by atoms with Crippen LogP contribution in [0.1, 0.15) is 51.2 Å². The maximum atomic E-state index is 11.0. The van der Waals surface area contributed by atoms with E-state index in [2.05, 4.69) is 43.1 Å². The lowest BCUT2D eigenvalue weighted by molar-refractivity contribution is -0.136. The number of benzene rings is 1. The molecule has 1 atom stereocenters. The van der Waals surface area contributed by atoms with Crippen LogP contribution in [0.3, 0.4) is 0 Å². The zero-order valence-corrected chi connectivity index (χ0v) is 14.5. The zero-order chi connectivity index (χ0) is 16.6. The SMILES string of the molecule is CC(C)C1(C)CN(CCC(=O)O)c2cc3c(cc2N1)CCCC3. The second kappa shape index (κ2) is 6.06. The highest BCUT2D eigenvalue weighted by molar-refractivity contribution is 5.77. The van der Waals surface area contributed by atoms with E-state index >= 15 is 0 Å². The highest BCUT2D eigenvalue weighted by Gasteiger charge is 2.36. The van der Waals surface area contributed by atoms with E-state index in [0.29, 0.717) is 12.5 Å². The van der Waals surface area contributed by atoms with Crippen molar-refractivity contribution < 1.29 is 9.90 Å². The topological polar surface area (TPSA) is 52.6 Å². The first-order valence-corrected chi connectivity index (χ1v) is 8.80. The number of fused-ring (bicyclic) bond motifs is 2. The number of anilines is 2. The van der Waals surface area contributed by atoms with Crippen molar-refractivity contribution >= 4 is 17.3 Å². The Bertz CT molecular complexity index is 612. The number of carboxylic acids is 1. The van der Waals surface area contributed by atoms with Crippen LogP contribution in [0.5, 0.6) is 0 Å². The van der Waals surface area contributed by atoms with Gasteiger partial charge in [0.25, 0.3) is 0 Å². The molecule has 0 radical (unpaired) electrons. The van der Waals surface area contributed by atoms with E-state index in [0.717, 1.165) is 19.4 Å². The quantitative estimate of drug-likeness (QED) is 0.889.